The van der Waals surface area contributed by atoms with E-state index in [-0.39, 0.29) is 22.2 Å². The van der Waals surface area contributed by atoms with Crippen LogP contribution in [0.4, 0.5) is 0 Å². The van der Waals surface area contributed by atoms with E-state index in [9.17, 15) is 13.2 Å². The lowest BCUT2D eigenvalue weighted by Crippen LogP contribution is -2.09. The van der Waals surface area contributed by atoms with E-state index in [1.54, 1.807) is 0 Å². The zero-order chi connectivity index (χ0) is 13.2. The van der Waals surface area contributed by atoms with Gasteiger partial charge in [-0.05, 0) is 19.1 Å². The molecule has 0 unspecified atom stereocenters. The first kappa shape index (κ1) is 14.2. The van der Waals surface area contributed by atoms with Crippen molar-refractivity contribution in [2.45, 2.75) is 11.8 Å². The smallest absolute Gasteiger partial charge is 0.337 e. The third kappa shape index (κ3) is 3.10. The van der Waals surface area contributed by atoms with Gasteiger partial charge in [0.25, 0.3) is 10.1 Å². The molecular weight excluding hydrogens is 291 g/mol. The standard InChI is InChI=1S/C9H8Cl2O5S/c1-2-16-17(14,15)8-3-5(9(12)13)6(10)4-7(8)11/h3-4H,2H2,1H3,(H,12,13). The monoisotopic (exact) mass is 298 g/mol. The summed E-state index contributed by atoms with van der Waals surface area (Å²) in [6.45, 7) is 1.41. The van der Waals surface area contributed by atoms with Crippen molar-refractivity contribution in [1.29, 1.82) is 0 Å². The Morgan fingerprint density at radius 3 is 2.41 bits per heavy atom. The third-order valence-corrected chi connectivity index (χ3v) is 3.95. The van der Waals surface area contributed by atoms with E-state index in [0.717, 1.165) is 12.1 Å². The van der Waals surface area contributed by atoms with Crippen molar-refractivity contribution in [3.05, 3.63) is 27.7 Å². The van der Waals surface area contributed by atoms with Gasteiger partial charge in [0.05, 0.1) is 22.2 Å². The summed E-state index contributed by atoms with van der Waals surface area (Å²) < 4.78 is 27.7. The summed E-state index contributed by atoms with van der Waals surface area (Å²) in [5.74, 6) is -1.35. The van der Waals surface area contributed by atoms with Crippen LogP contribution in [-0.2, 0) is 14.3 Å². The highest BCUT2D eigenvalue weighted by atomic mass is 35.5. The summed E-state index contributed by atoms with van der Waals surface area (Å²) in [6, 6.07) is 1.93. The molecule has 1 aromatic rings. The molecule has 0 fully saturated rings. The van der Waals surface area contributed by atoms with Crippen LogP contribution in [0, 0.1) is 0 Å². The fourth-order valence-electron chi connectivity index (χ4n) is 1.10. The Morgan fingerprint density at radius 1 is 1.35 bits per heavy atom. The maximum absolute atomic E-state index is 11.6. The minimum absolute atomic E-state index is 0.0797. The van der Waals surface area contributed by atoms with Gasteiger partial charge in [0.15, 0.2) is 0 Å². The van der Waals surface area contributed by atoms with Gasteiger partial charge in [0.1, 0.15) is 4.90 Å². The second-order valence-corrected chi connectivity index (χ2v) is 5.33. The van der Waals surface area contributed by atoms with Crippen LogP contribution in [0.25, 0.3) is 0 Å². The molecule has 0 heterocycles. The molecule has 0 aliphatic rings. The minimum atomic E-state index is -4.07. The molecule has 0 saturated carbocycles. The summed E-state index contributed by atoms with van der Waals surface area (Å²) >= 11 is 11.3. The minimum Gasteiger partial charge on any atom is -0.478 e. The molecule has 1 aromatic carbocycles. The van der Waals surface area contributed by atoms with Gasteiger partial charge in [0.2, 0.25) is 0 Å². The second kappa shape index (κ2) is 5.22. The molecule has 0 radical (unpaired) electrons. The second-order valence-electron chi connectivity index (χ2n) is 2.93. The molecule has 0 bridgehead atoms. The first-order chi connectivity index (χ1) is 7.79. The molecule has 0 saturated heterocycles. The molecule has 0 amide bonds. The van der Waals surface area contributed by atoms with Crippen molar-refractivity contribution in [2.75, 3.05) is 6.61 Å². The fourth-order valence-corrected chi connectivity index (χ4v) is 2.85. The van der Waals surface area contributed by atoms with Gasteiger partial charge < -0.3 is 5.11 Å². The third-order valence-electron chi connectivity index (χ3n) is 1.79. The number of carboxylic acid groups (broad SMARTS) is 1. The molecule has 1 N–H and O–H groups in total. The van der Waals surface area contributed by atoms with E-state index in [2.05, 4.69) is 4.18 Å². The zero-order valence-electron chi connectivity index (χ0n) is 8.61. The lowest BCUT2D eigenvalue weighted by Gasteiger charge is -2.07. The van der Waals surface area contributed by atoms with Crippen molar-refractivity contribution in [1.82, 2.24) is 0 Å². The molecule has 0 atom stereocenters. The van der Waals surface area contributed by atoms with E-state index in [4.69, 9.17) is 28.3 Å². The van der Waals surface area contributed by atoms with Crippen molar-refractivity contribution < 1.29 is 22.5 Å². The number of hydrogen-bond acceptors (Lipinski definition) is 4. The molecule has 0 aliphatic carbocycles. The number of benzene rings is 1. The highest BCUT2D eigenvalue weighted by Crippen LogP contribution is 2.29. The Bertz CT molecular complexity index is 553. The molecule has 5 nitrogen and oxygen atoms in total. The molecule has 0 spiro atoms. The largest absolute Gasteiger partial charge is 0.478 e. The van der Waals surface area contributed by atoms with Crippen LogP contribution < -0.4 is 0 Å². The van der Waals surface area contributed by atoms with E-state index < -0.39 is 21.0 Å². The van der Waals surface area contributed by atoms with Crippen molar-refractivity contribution in [3.63, 3.8) is 0 Å². The van der Waals surface area contributed by atoms with Gasteiger partial charge >= 0.3 is 5.97 Å². The van der Waals surface area contributed by atoms with Gasteiger partial charge in [-0.1, -0.05) is 23.2 Å². The van der Waals surface area contributed by atoms with Gasteiger partial charge in [-0.2, -0.15) is 8.42 Å². The topological polar surface area (TPSA) is 80.7 Å². The number of carboxylic acids is 1. The summed E-state index contributed by atoms with van der Waals surface area (Å²) in [7, 11) is -4.07. The van der Waals surface area contributed by atoms with E-state index in [1.807, 2.05) is 0 Å². The number of rotatable bonds is 4. The van der Waals surface area contributed by atoms with E-state index in [1.165, 1.54) is 6.92 Å². The summed E-state index contributed by atoms with van der Waals surface area (Å²) in [4.78, 5) is 10.4. The lowest BCUT2D eigenvalue weighted by molar-refractivity contribution is 0.0697. The van der Waals surface area contributed by atoms with Crippen molar-refractivity contribution in [3.8, 4) is 0 Å². The SMILES string of the molecule is CCOS(=O)(=O)c1cc(C(=O)O)c(Cl)cc1Cl. The number of aromatic carboxylic acids is 1. The molecular formula is C9H8Cl2O5S. The predicted molar refractivity (Wildman–Crippen MR) is 62.2 cm³/mol. The normalized spacial score (nSPS) is 11.5. The molecule has 8 heteroatoms. The summed E-state index contributed by atoms with van der Waals surface area (Å²) in [6.07, 6.45) is 0. The molecule has 0 aromatic heterocycles. The van der Waals surface area contributed by atoms with Crippen LogP contribution in [-0.4, -0.2) is 26.1 Å². The highest BCUT2D eigenvalue weighted by Gasteiger charge is 2.22. The van der Waals surface area contributed by atoms with Crippen LogP contribution in [0.5, 0.6) is 0 Å². The number of halogens is 2. The zero-order valence-corrected chi connectivity index (χ0v) is 10.9. The first-order valence-corrected chi connectivity index (χ1v) is 6.57. The summed E-state index contributed by atoms with van der Waals surface area (Å²) in [5, 5.41) is 8.49. The van der Waals surface area contributed by atoms with Gasteiger partial charge in [-0.25, -0.2) is 4.79 Å². The van der Waals surface area contributed by atoms with Crippen molar-refractivity contribution >= 4 is 39.3 Å². The maximum atomic E-state index is 11.6. The average Bonchev–Trinajstić information content (AvgIpc) is 2.15. The highest BCUT2D eigenvalue weighted by molar-refractivity contribution is 7.86. The van der Waals surface area contributed by atoms with Crippen LogP contribution >= 0.6 is 23.2 Å². The molecule has 0 aliphatic heterocycles. The Morgan fingerprint density at radius 2 is 1.94 bits per heavy atom. The van der Waals surface area contributed by atoms with Gasteiger partial charge in [0, 0.05) is 0 Å². The lowest BCUT2D eigenvalue weighted by atomic mass is 10.2. The van der Waals surface area contributed by atoms with E-state index in [0.29, 0.717) is 0 Å². The van der Waals surface area contributed by atoms with Crippen molar-refractivity contribution in [2.24, 2.45) is 0 Å². The fraction of sp³-hybridized carbons (Fsp3) is 0.222. The first-order valence-electron chi connectivity index (χ1n) is 4.41. The Kier molecular flexibility index (Phi) is 4.37. The van der Waals surface area contributed by atoms with Crippen LogP contribution in [0.3, 0.4) is 0 Å². The predicted octanol–water partition coefficient (Wildman–Crippen LogP) is 2.42. The summed E-state index contributed by atoms with van der Waals surface area (Å²) in [5.41, 5.74) is -0.352. The van der Waals surface area contributed by atoms with Gasteiger partial charge in [-0.3, -0.25) is 4.18 Å². The Hall–Kier alpha value is -0.820. The quantitative estimate of drug-likeness (QED) is 0.863. The molecule has 94 valence electrons. The van der Waals surface area contributed by atoms with Crippen LogP contribution in [0.2, 0.25) is 10.0 Å². The Labute approximate surface area is 108 Å². The van der Waals surface area contributed by atoms with E-state index >= 15 is 0 Å². The van der Waals surface area contributed by atoms with Gasteiger partial charge in [-0.15, -0.1) is 0 Å². The number of hydrogen-bond donors (Lipinski definition) is 1. The molecule has 17 heavy (non-hydrogen) atoms. The van der Waals surface area contributed by atoms with Crippen LogP contribution in [0.1, 0.15) is 17.3 Å². The average molecular weight is 299 g/mol. The molecule has 1 rings (SSSR count). The Balaban J connectivity index is 3.45. The number of carbonyl (C=O) groups is 1. The van der Waals surface area contributed by atoms with Crippen LogP contribution in [0.15, 0.2) is 17.0 Å². The maximum Gasteiger partial charge on any atom is 0.337 e.